The van der Waals surface area contributed by atoms with Gasteiger partial charge in [-0.3, -0.25) is 9.59 Å². The first-order valence-electron chi connectivity index (χ1n) is 43.5. The highest BCUT2D eigenvalue weighted by atomic mass is 32.2. The molecule has 0 bridgehead atoms. The van der Waals surface area contributed by atoms with Gasteiger partial charge < -0.3 is 81.2 Å². The molecule has 13 N–H and O–H groups in total. The average Bonchev–Trinajstić information content (AvgIpc) is 1.64. The lowest BCUT2D eigenvalue weighted by atomic mass is 9.64. The average molecular weight is 1830 g/mol. The number of Topliss-reactive ketones (excluding diaryl/α,β-unsaturated/α-hetero) is 2. The minimum Gasteiger partial charge on any atom is -0.424 e. The van der Waals surface area contributed by atoms with Crippen LogP contribution >= 0.6 is 94.1 Å². The molecule has 0 aliphatic carbocycles. The van der Waals surface area contributed by atoms with Crippen molar-refractivity contribution in [2.24, 2.45) is 28.7 Å². The fraction of sp³-hybridized carbons (Fsp3) is 0.444. The number of thioether (sulfide) groups is 8. The van der Waals surface area contributed by atoms with E-state index in [1.165, 1.54) is 138 Å². The molecule has 124 heavy (non-hydrogen) atoms. The Labute approximate surface area is 775 Å². The van der Waals surface area contributed by atoms with E-state index >= 15 is 0 Å². The topological polar surface area (TPSA) is 299 Å². The molecule has 0 aromatic heterocycles. The number of hydrogen-bond donors (Lipinski definition) is 8. The Morgan fingerprint density at radius 1 is 0.290 bits per heavy atom. The van der Waals surface area contributed by atoms with Gasteiger partial charge in [0.1, 0.15) is 11.6 Å². The highest BCUT2D eigenvalue weighted by molar-refractivity contribution is 8.01. The maximum absolute atomic E-state index is 11.0. The molecule has 16 rings (SSSR count). The molecule has 0 spiro atoms. The van der Waals surface area contributed by atoms with Gasteiger partial charge in [0.05, 0.1) is 78.2 Å². The minimum atomic E-state index is 0.0202. The summed E-state index contributed by atoms with van der Waals surface area (Å²) >= 11 is 12.6. The van der Waals surface area contributed by atoms with E-state index in [0.717, 1.165) is 63.0 Å². The van der Waals surface area contributed by atoms with Gasteiger partial charge in [-0.15, -0.1) is 58.8 Å². The van der Waals surface area contributed by atoms with E-state index in [2.05, 4.69) is 210 Å². The Bertz CT molecular complexity index is 4330. The molecule has 0 fully saturated rings. The van der Waals surface area contributed by atoms with E-state index in [-0.39, 0.29) is 134 Å². The van der Waals surface area contributed by atoms with Crippen LogP contribution in [0.3, 0.4) is 0 Å². The third kappa shape index (κ3) is 27.5. The lowest BCUT2D eigenvalue weighted by Crippen LogP contribution is -2.26. The van der Waals surface area contributed by atoms with Crippen LogP contribution in [-0.2, 0) is 46.8 Å². The summed E-state index contributed by atoms with van der Waals surface area (Å²) in [5.41, 5.74) is 48.6. The first kappa shape index (κ1) is 104. The maximum atomic E-state index is 11.0. The van der Waals surface area contributed by atoms with Crippen LogP contribution in [0.15, 0.2) is 185 Å². The van der Waals surface area contributed by atoms with Gasteiger partial charge >= 0.3 is 55.3 Å². The SMILES string of the molecule is CB1O[C@@H](CN)c2ccc(SCC(C)=O)cc21.CB1O[C@H](CN)c2ccc(SCC(C)=O)cc21.CC[C@@H]1OB(C)c2cc(SCN)ccc21.CC[C@@H]1OB(C)c2cc(SCO)ccc21.CC[C@H]1OB(C)c2c(SCN)cccc21.CC[C@H]1OB(C)c2c(SCO)cccc21.CC[C@H]1OB(C)c2cc(SCN)ccc21.CC[C@H]1OB(C)c2cc(SCO)ccc21. The van der Waals surface area contributed by atoms with Crippen molar-refractivity contribution < 1.29 is 62.1 Å². The molecule has 0 saturated heterocycles. The molecule has 8 aliphatic rings. The standard InChI is InChI=1S/2C12H16BNO2S.3C11H16BNOS.3C11H15BO2S/c2*1-8(15)7-17-9-3-4-10-11(5-9)13(2)16-12(10)6-14;2*1-3-11-9-5-4-8(15-7-13)6-10(9)12(2)14-11;1-3-9-8-5-4-6-10(15-7-13)11(8)12(2)14-9;2*1-3-11-9-5-4-8(15-7-13)6-10(9)12(2)14-11;1-3-9-8-5-4-6-10(15-7-13)11(8)12(2)14-9/h2*3-5,12H,6-7,14H2,1-2H3;2*4-6,11H,3,7,13H2,1-2H3;4-6,9H,3,7,13H2,1-2H3;2*4-6,11,13H,3,7H2,1-2H3;4-6,9,13H,3,7H2,1-2H3/t2*12-;2*11-;9-;2*11-;9-/m10101101/s1. The lowest BCUT2D eigenvalue weighted by molar-refractivity contribution is -0.115. The molecule has 8 aromatic carbocycles. The summed E-state index contributed by atoms with van der Waals surface area (Å²) in [4.78, 5) is 31.3. The van der Waals surface area contributed by atoms with E-state index in [9.17, 15) is 9.59 Å². The largest absolute Gasteiger partial charge is 0.424 e. The second kappa shape index (κ2) is 52.1. The third-order valence-corrected chi connectivity index (χ3v) is 29.5. The molecule has 8 heterocycles. The van der Waals surface area contributed by atoms with Crippen LogP contribution in [0, 0.1) is 0 Å². The van der Waals surface area contributed by atoms with Crippen LogP contribution in [0.5, 0.6) is 0 Å². The van der Waals surface area contributed by atoms with E-state index < -0.39 is 0 Å². The second-order valence-corrected chi connectivity index (χ2v) is 39.4. The van der Waals surface area contributed by atoms with Gasteiger partial charge in [0.25, 0.3) is 0 Å². The van der Waals surface area contributed by atoms with Crippen molar-refractivity contribution in [1.29, 1.82) is 0 Å². The molecule has 0 radical (unpaired) electrons. The van der Waals surface area contributed by atoms with Gasteiger partial charge in [0.2, 0.25) is 0 Å². The Balaban J connectivity index is 0.000000161. The van der Waals surface area contributed by atoms with Crippen molar-refractivity contribution in [3.8, 4) is 0 Å². The van der Waals surface area contributed by atoms with Crippen LogP contribution in [-0.4, -0.2) is 142 Å². The normalized spacial score (nSPS) is 19.1. The van der Waals surface area contributed by atoms with Gasteiger partial charge in [-0.25, -0.2) is 0 Å². The number of rotatable bonds is 26. The predicted molar refractivity (Wildman–Crippen MR) is 538 cm³/mol. The number of hydrogen-bond acceptors (Lipinski definition) is 26. The van der Waals surface area contributed by atoms with Crippen molar-refractivity contribution in [1.82, 2.24) is 0 Å². The molecule has 0 amide bonds. The molecule has 18 nitrogen and oxygen atoms in total. The van der Waals surface area contributed by atoms with Gasteiger partial charge in [0.15, 0.2) is 0 Å². The summed E-state index contributed by atoms with van der Waals surface area (Å²) in [7, 11) is 0. The highest BCUT2D eigenvalue weighted by Gasteiger charge is 2.39. The number of fused-ring (bicyclic) bond motifs is 8. The van der Waals surface area contributed by atoms with E-state index in [0.29, 0.717) is 42.2 Å². The fourth-order valence-corrected chi connectivity index (χ4v) is 22.0. The molecule has 8 aliphatic heterocycles. The fourth-order valence-electron chi connectivity index (χ4n) is 16.8. The summed E-state index contributed by atoms with van der Waals surface area (Å²) in [6.45, 7) is 35.2. The highest BCUT2D eigenvalue weighted by Crippen LogP contribution is 2.38. The van der Waals surface area contributed by atoms with Crippen molar-refractivity contribution in [2.45, 2.75) is 236 Å². The van der Waals surface area contributed by atoms with E-state index in [1.807, 2.05) is 31.8 Å². The molecular weight excluding hydrogens is 1700 g/mol. The van der Waals surface area contributed by atoms with E-state index in [1.54, 1.807) is 72.7 Å². The van der Waals surface area contributed by atoms with Crippen LogP contribution < -0.4 is 72.4 Å². The number of nitrogens with two attached hydrogens (primary N) is 5. The van der Waals surface area contributed by atoms with Crippen LogP contribution in [0.1, 0.15) is 187 Å². The number of benzene rings is 8. The molecular formula is C90H125B8N5O13S8. The monoisotopic (exact) mass is 1830 g/mol. The number of aliphatic hydroxyl groups excluding tert-OH is 3. The van der Waals surface area contributed by atoms with Gasteiger partial charge in [-0.2, -0.15) is 0 Å². The van der Waals surface area contributed by atoms with Crippen molar-refractivity contribution in [3.05, 3.63) is 190 Å². The molecule has 0 unspecified atom stereocenters. The predicted octanol–water partition coefficient (Wildman–Crippen LogP) is 14.6. The van der Waals surface area contributed by atoms with Crippen LogP contribution in [0.4, 0.5) is 0 Å². The van der Waals surface area contributed by atoms with Gasteiger partial charge in [-0.05, 0) is 189 Å². The Kier molecular flexibility index (Phi) is 43.5. The number of ketones is 2. The summed E-state index contributed by atoms with van der Waals surface area (Å²) in [5.74, 6) is 3.70. The third-order valence-electron chi connectivity index (χ3n) is 22.7. The summed E-state index contributed by atoms with van der Waals surface area (Å²) in [5, 5.41) is 26.7. The molecule has 0 saturated carbocycles. The Morgan fingerprint density at radius 3 is 0.758 bits per heavy atom. The smallest absolute Gasteiger partial charge is 0.325 e. The zero-order chi connectivity index (χ0) is 89.8. The van der Waals surface area contributed by atoms with Crippen molar-refractivity contribution >= 4 is 205 Å². The number of carbonyl (C=O) groups excluding carboxylic acids is 2. The Hall–Kier alpha value is -4.22. The molecule has 8 atom stereocenters. The second-order valence-electron chi connectivity index (χ2n) is 31.1. The summed E-state index contributed by atoms with van der Waals surface area (Å²) < 4.78 is 46.7. The summed E-state index contributed by atoms with van der Waals surface area (Å²) in [6, 6.07) is 50.8. The lowest BCUT2D eigenvalue weighted by Gasteiger charge is -2.09. The van der Waals surface area contributed by atoms with Crippen LogP contribution in [0.2, 0.25) is 54.6 Å². The Morgan fingerprint density at radius 2 is 0.516 bits per heavy atom. The number of aliphatic hydroxyl groups is 3. The first-order chi connectivity index (χ1) is 59.8. The van der Waals surface area contributed by atoms with Crippen LogP contribution in [0.25, 0.3) is 0 Å². The maximum Gasteiger partial charge on any atom is 0.325 e. The van der Waals surface area contributed by atoms with Gasteiger partial charge in [-0.1, -0.05) is 228 Å². The van der Waals surface area contributed by atoms with Gasteiger partial charge in [0, 0.05) is 69.9 Å². The molecule has 34 heteroatoms. The van der Waals surface area contributed by atoms with E-state index in [4.69, 9.17) is 81.2 Å². The molecule has 8 aromatic rings. The zero-order valence-electron chi connectivity index (χ0n) is 75.0. The molecule has 660 valence electrons. The summed E-state index contributed by atoms with van der Waals surface area (Å²) in [6.07, 6.45) is 7.78. The quantitative estimate of drug-likeness (QED) is 0.0142. The minimum absolute atomic E-state index is 0.0202. The van der Waals surface area contributed by atoms with Crippen molar-refractivity contribution in [2.75, 3.05) is 60.0 Å². The first-order valence-corrected chi connectivity index (χ1v) is 51.4. The van der Waals surface area contributed by atoms with Crippen molar-refractivity contribution in [3.63, 3.8) is 0 Å². The number of carbonyl (C=O) groups is 2. The zero-order valence-corrected chi connectivity index (χ0v) is 81.5.